The lowest BCUT2D eigenvalue weighted by atomic mass is 10.2. The molecule has 0 radical (unpaired) electrons. The molecule has 1 saturated heterocycles. The Bertz CT molecular complexity index is 826. The number of ether oxygens (including phenoxy) is 2. The van der Waals surface area contributed by atoms with Crippen molar-refractivity contribution in [2.24, 2.45) is 5.92 Å². The fraction of sp³-hybridized carbons (Fsp3) is 0.391. The highest BCUT2D eigenvalue weighted by Crippen LogP contribution is 2.31. The second-order valence-electron chi connectivity index (χ2n) is 7.51. The van der Waals surface area contributed by atoms with E-state index < -0.39 is 0 Å². The molecule has 2 aromatic carbocycles. The third-order valence-corrected chi connectivity index (χ3v) is 5.31. The summed E-state index contributed by atoms with van der Waals surface area (Å²) >= 11 is 0. The summed E-state index contributed by atoms with van der Waals surface area (Å²) in [6, 6.07) is 17.3. The summed E-state index contributed by atoms with van der Waals surface area (Å²) in [5.41, 5.74) is 1.11. The Morgan fingerprint density at radius 1 is 0.793 bits per heavy atom. The minimum Gasteiger partial charge on any atom is -0.489 e. The van der Waals surface area contributed by atoms with E-state index in [1.54, 1.807) is 17.0 Å². The second-order valence-corrected chi connectivity index (χ2v) is 7.51. The lowest BCUT2D eigenvalue weighted by Crippen LogP contribution is -2.52. The van der Waals surface area contributed by atoms with Crippen molar-refractivity contribution in [3.8, 4) is 11.5 Å². The van der Waals surface area contributed by atoms with Gasteiger partial charge in [0.1, 0.15) is 18.1 Å². The van der Waals surface area contributed by atoms with Crippen LogP contribution < -0.4 is 9.47 Å². The normalized spacial score (nSPS) is 16.4. The predicted molar refractivity (Wildman–Crippen MR) is 109 cm³/mol. The van der Waals surface area contributed by atoms with Gasteiger partial charge in [0.15, 0.2) is 6.61 Å². The van der Waals surface area contributed by atoms with Gasteiger partial charge in [-0.05, 0) is 42.7 Å². The van der Waals surface area contributed by atoms with Crippen LogP contribution in [0.25, 0.3) is 0 Å². The third-order valence-electron chi connectivity index (χ3n) is 5.31. The van der Waals surface area contributed by atoms with Crippen LogP contribution in [0.15, 0.2) is 54.6 Å². The van der Waals surface area contributed by atoms with Crippen molar-refractivity contribution in [1.82, 2.24) is 9.80 Å². The zero-order valence-corrected chi connectivity index (χ0v) is 16.5. The topological polar surface area (TPSA) is 59.1 Å². The van der Waals surface area contributed by atoms with Gasteiger partial charge in [0.25, 0.3) is 5.91 Å². The van der Waals surface area contributed by atoms with Gasteiger partial charge in [0.05, 0.1) is 0 Å². The molecule has 1 heterocycles. The van der Waals surface area contributed by atoms with E-state index in [9.17, 15) is 9.59 Å². The van der Waals surface area contributed by atoms with E-state index in [1.165, 1.54) is 0 Å². The number of hydrogen-bond acceptors (Lipinski definition) is 4. The van der Waals surface area contributed by atoms with E-state index in [-0.39, 0.29) is 24.3 Å². The van der Waals surface area contributed by atoms with Gasteiger partial charge < -0.3 is 19.3 Å². The molecule has 0 aromatic heterocycles. The fourth-order valence-corrected chi connectivity index (χ4v) is 3.37. The summed E-state index contributed by atoms with van der Waals surface area (Å²) in [5.74, 6) is 1.83. The number of amides is 2. The average Bonchev–Trinajstić information content (AvgIpc) is 3.62. The van der Waals surface area contributed by atoms with Crippen LogP contribution >= 0.6 is 0 Å². The number of nitrogens with zero attached hydrogens (tertiary/aromatic N) is 2. The molecule has 0 bridgehead atoms. The first-order valence-corrected chi connectivity index (χ1v) is 10.2. The Kier molecular flexibility index (Phi) is 5.98. The molecule has 29 heavy (non-hydrogen) atoms. The highest BCUT2D eigenvalue weighted by molar-refractivity contribution is 5.82. The molecule has 1 aliphatic carbocycles. The van der Waals surface area contributed by atoms with Gasteiger partial charge in [0.2, 0.25) is 5.91 Å². The maximum Gasteiger partial charge on any atom is 0.260 e. The van der Waals surface area contributed by atoms with Crippen LogP contribution in [0.3, 0.4) is 0 Å². The summed E-state index contributed by atoms with van der Waals surface area (Å²) in [7, 11) is 0. The maximum atomic E-state index is 12.4. The summed E-state index contributed by atoms with van der Waals surface area (Å²) in [5, 5.41) is 0. The van der Waals surface area contributed by atoms with E-state index in [2.05, 4.69) is 0 Å². The quantitative estimate of drug-likeness (QED) is 0.725. The molecule has 1 saturated carbocycles. The Hall–Kier alpha value is -3.02. The van der Waals surface area contributed by atoms with Gasteiger partial charge in [-0.1, -0.05) is 30.3 Å². The van der Waals surface area contributed by atoms with Crippen molar-refractivity contribution in [2.45, 2.75) is 19.4 Å². The first-order chi connectivity index (χ1) is 14.2. The minimum absolute atomic E-state index is 0.000784. The predicted octanol–water partition coefficient (Wildman–Crippen LogP) is 2.73. The Balaban J connectivity index is 1.19. The highest BCUT2D eigenvalue weighted by Gasteiger charge is 2.35. The lowest BCUT2D eigenvalue weighted by molar-refractivity contribution is -0.141. The van der Waals surface area contributed by atoms with Gasteiger partial charge in [0, 0.05) is 32.1 Å². The summed E-state index contributed by atoms with van der Waals surface area (Å²) in [6.45, 7) is 2.90. The molecule has 1 aliphatic heterocycles. The van der Waals surface area contributed by atoms with Crippen LogP contribution in [0, 0.1) is 5.92 Å². The molecule has 2 aliphatic rings. The van der Waals surface area contributed by atoms with Crippen molar-refractivity contribution < 1.29 is 19.1 Å². The van der Waals surface area contributed by atoms with Gasteiger partial charge >= 0.3 is 0 Å². The van der Waals surface area contributed by atoms with Crippen LogP contribution in [0.5, 0.6) is 11.5 Å². The number of carbonyl (C=O) groups excluding carboxylic acids is 2. The van der Waals surface area contributed by atoms with E-state index in [0.29, 0.717) is 38.5 Å². The van der Waals surface area contributed by atoms with Crippen LogP contribution in [0.4, 0.5) is 0 Å². The molecule has 0 N–H and O–H groups in total. The van der Waals surface area contributed by atoms with Crippen LogP contribution in [0.2, 0.25) is 0 Å². The molecule has 0 unspecified atom stereocenters. The van der Waals surface area contributed by atoms with E-state index in [4.69, 9.17) is 9.47 Å². The molecular weight excluding hydrogens is 368 g/mol. The largest absolute Gasteiger partial charge is 0.489 e. The van der Waals surface area contributed by atoms with E-state index in [1.807, 2.05) is 47.4 Å². The molecule has 6 heteroatoms. The molecule has 6 nitrogen and oxygen atoms in total. The molecule has 152 valence electrons. The first kappa shape index (κ1) is 19.3. The standard InChI is InChI=1S/C23H26N2O4/c26-22(24-12-14-25(15-13-24)23(27)19-6-7-19)17-29-21-10-8-20(9-11-21)28-16-18-4-2-1-3-5-18/h1-5,8-11,19H,6-7,12-17H2. The highest BCUT2D eigenvalue weighted by atomic mass is 16.5. The lowest BCUT2D eigenvalue weighted by Gasteiger charge is -2.34. The van der Waals surface area contributed by atoms with Gasteiger partial charge in [-0.15, -0.1) is 0 Å². The zero-order chi connectivity index (χ0) is 20.1. The molecule has 0 spiro atoms. The van der Waals surface area contributed by atoms with Gasteiger partial charge in [-0.2, -0.15) is 0 Å². The summed E-state index contributed by atoms with van der Waals surface area (Å²) in [4.78, 5) is 28.1. The van der Waals surface area contributed by atoms with Crippen LogP contribution in [-0.2, 0) is 16.2 Å². The Morgan fingerprint density at radius 3 is 2.00 bits per heavy atom. The Labute approximate surface area is 171 Å². The third kappa shape index (κ3) is 5.28. The van der Waals surface area contributed by atoms with Gasteiger partial charge in [-0.3, -0.25) is 9.59 Å². The number of hydrogen-bond donors (Lipinski definition) is 0. The fourth-order valence-electron chi connectivity index (χ4n) is 3.37. The Morgan fingerprint density at radius 2 is 1.38 bits per heavy atom. The molecule has 2 aromatic rings. The van der Waals surface area contributed by atoms with E-state index >= 15 is 0 Å². The monoisotopic (exact) mass is 394 g/mol. The zero-order valence-electron chi connectivity index (χ0n) is 16.5. The minimum atomic E-state index is -0.0482. The average molecular weight is 394 g/mol. The number of piperazine rings is 1. The summed E-state index contributed by atoms with van der Waals surface area (Å²) in [6.07, 6.45) is 2.03. The molecule has 2 fully saturated rings. The SMILES string of the molecule is O=C(COc1ccc(OCc2ccccc2)cc1)N1CCN(C(=O)C2CC2)CC1. The van der Waals surface area contributed by atoms with Crippen molar-refractivity contribution in [3.05, 3.63) is 60.2 Å². The van der Waals surface area contributed by atoms with Crippen molar-refractivity contribution in [3.63, 3.8) is 0 Å². The van der Waals surface area contributed by atoms with Crippen molar-refractivity contribution in [1.29, 1.82) is 0 Å². The van der Waals surface area contributed by atoms with Crippen LogP contribution in [0.1, 0.15) is 18.4 Å². The molecule has 0 atom stereocenters. The number of benzene rings is 2. The number of rotatable bonds is 7. The number of carbonyl (C=O) groups is 2. The second kappa shape index (κ2) is 8.99. The first-order valence-electron chi connectivity index (χ1n) is 10.2. The van der Waals surface area contributed by atoms with Crippen molar-refractivity contribution in [2.75, 3.05) is 32.8 Å². The molecule has 2 amide bonds. The van der Waals surface area contributed by atoms with Gasteiger partial charge in [-0.25, -0.2) is 0 Å². The smallest absolute Gasteiger partial charge is 0.260 e. The maximum absolute atomic E-state index is 12.4. The summed E-state index contributed by atoms with van der Waals surface area (Å²) < 4.78 is 11.4. The van der Waals surface area contributed by atoms with Crippen LogP contribution in [-0.4, -0.2) is 54.4 Å². The molecule has 4 rings (SSSR count). The molecular formula is C23H26N2O4. The van der Waals surface area contributed by atoms with Crippen molar-refractivity contribution >= 4 is 11.8 Å². The van der Waals surface area contributed by atoms with E-state index in [0.717, 1.165) is 24.2 Å².